The lowest BCUT2D eigenvalue weighted by atomic mass is 9.95. The summed E-state index contributed by atoms with van der Waals surface area (Å²) < 4.78 is 3.30. The first-order valence-electron chi connectivity index (χ1n) is 9.76. The molecule has 0 fully saturated rings. The Bertz CT molecular complexity index is 1040. The van der Waals surface area contributed by atoms with Gasteiger partial charge in [0.25, 0.3) is 0 Å². The topological polar surface area (TPSA) is 37.3 Å². The average molecular weight is 456 g/mol. The van der Waals surface area contributed by atoms with Crippen LogP contribution >= 0.6 is 27.3 Å². The maximum absolute atomic E-state index is 13.2. The third-order valence-electron chi connectivity index (χ3n) is 5.84. The van der Waals surface area contributed by atoms with Gasteiger partial charge in [-0.1, -0.05) is 15.9 Å². The van der Waals surface area contributed by atoms with Crippen LogP contribution in [0.3, 0.4) is 0 Å². The van der Waals surface area contributed by atoms with Crippen molar-refractivity contribution in [3.05, 3.63) is 68.8 Å². The van der Waals surface area contributed by atoms with E-state index in [1.165, 1.54) is 46.0 Å². The zero-order valence-electron chi connectivity index (χ0n) is 15.7. The van der Waals surface area contributed by atoms with Crippen molar-refractivity contribution < 1.29 is 4.79 Å². The zero-order valence-corrected chi connectivity index (χ0v) is 18.1. The van der Waals surface area contributed by atoms with E-state index in [-0.39, 0.29) is 12.1 Å². The van der Waals surface area contributed by atoms with Crippen molar-refractivity contribution in [1.29, 1.82) is 0 Å². The van der Waals surface area contributed by atoms with Gasteiger partial charge >= 0.3 is 6.03 Å². The van der Waals surface area contributed by atoms with E-state index in [9.17, 15) is 4.79 Å². The molecule has 0 radical (unpaired) electrons. The molecule has 0 bridgehead atoms. The fraction of sp³-hybridized carbons (Fsp3) is 0.318. The third-order valence-corrected chi connectivity index (χ3v) is 7.70. The standard InChI is InChI=1S/C22H22BrN3OS/c1-14-19-6-4-12-25(19)21-18(17-5-2-3-7-20(17)28-21)13-26(14)22(27)24-16-10-8-15(23)9-11-16/h4,6,8-12,14H,2-3,5,7,13H2,1H3,(H,24,27). The molecular formula is C22H22BrN3OS. The number of hydrogen-bond acceptors (Lipinski definition) is 2. The molecule has 5 rings (SSSR count). The Balaban J connectivity index is 1.54. The molecule has 1 aromatic carbocycles. The molecule has 0 spiro atoms. The second-order valence-corrected chi connectivity index (χ2v) is 9.54. The third kappa shape index (κ3) is 2.99. The van der Waals surface area contributed by atoms with Gasteiger partial charge in [0.05, 0.1) is 12.6 Å². The van der Waals surface area contributed by atoms with Crippen LogP contribution in [0.1, 0.15) is 47.5 Å². The SMILES string of the molecule is CC1c2cccn2-c2sc3c(c2CN1C(=O)Nc1ccc(Br)cc1)CCCC3. The Labute approximate surface area is 177 Å². The number of carbonyl (C=O) groups is 1. The molecule has 1 atom stereocenters. The minimum Gasteiger partial charge on any atom is -0.312 e. The van der Waals surface area contributed by atoms with Crippen molar-refractivity contribution in [2.45, 2.75) is 45.2 Å². The Morgan fingerprint density at radius 1 is 1.14 bits per heavy atom. The smallest absolute Gasteiger partial charge is 0.312 e. The molecule has 2 aliphatic rings. The van der Waals surface area contributed by atoms with E-state index in [0.717, 1.165) is 16.6 Å². The largest absolute Gasteiger partial charge is 0.322 e. The number of nitrogens with one attached hydrogen (secondary N) is 1. The number of urea groups is 1. The Morgan fingerprint density at radius 3 is 2.75 bits per heavy atom. The second kappa shape index (κ2) is 7.08. The minimum absolute atomic E-state index is 0.00397. The molecule has 1 unspecified atom stereocenters. The van der Waals surface area contributed by atoms with Crippen molar-refractivity contribution in [1.82, 2.24) is 9.47 Å². The molecule has 3 aromatic rings. The van der Waals surface area contributed by atoms with Crippen LogP contribution in [0.15, 0.2) is 47.1 Å². The van der Waals surface area contributed by atoms with Gasteiger partial charge in [-0.15, -0.1) is 11.3 Å². The quantitative estimate of drug-likeness (QED) is 0.459. The number of amides is 2. The number of aryl methyl sites for hydroxylation is 1. The van der Waals surface area contributed by atoms with Crippen molar-refractivity contribution in [3.63, 3.8) is 0 Å². The number of thiophene rings is 1. The van der Waals surface area contributed by atoms with Crippen LogP contribution in [-0.4, -0.2) is 15.5 Å². The lowest BCUT2D eigenvalue weighted by Gasteiger charge is -2.28. The highest BCUT2D eigenvalue weighted by molar-refractivity contribution is 9.10. The van der Waals surface area contributed by atoms with E-state index in [1.54, 1.807) is 0 Å². The van der Waals surface area contributed by atoms with Crippen LogP contribution in [0, 0.1) is 0 Å². The van der Waals surface area contributed by atoms with E-state index >= 15 is 0 Å². The molecule has 0 saturated carbocycles. The molecule has 1 aliphatic heterocycles. The maximum atomic E-state index is 13.2. The highest BCUT2D eigenvalue weighted by Gasteiger charge is 2.32. The van der Waals surface area contributed by atoms with Gasteiger partial charge in [-0.3, -0.25) is 0 Å². The van der Waals surface area contributed by atoms with E-state index in [2.05, 4.69) is 51.1 Å². The number of aromatic nitrogens is 1. The first kappa shape index (κ1) is 18.0. The number of rotatable bonds is 1. The van der Waals surface area contributed by atoms with Gasteiger partial charge in [0.15, 0.2) is 0 Å². The number of benzene rings is 1. The highest BCUT2D eigenvalue weighted by atomic mass is 79.9. The molecule has 1 aliphatic carbocycles. The van der Waals surface area contributed by atoms with Crippen molar-refractivity contribution >= 4 is 39.0 Å². The van der Waals surface area contributed by atoms with Crippen LogP contribution < -0.4 is 5.32 Å². The van der Waals surface area contributed by atoms with Gasteiger partial charge in [-0.2, -0.15) is 0 Å². The Kier molecular flexibility index (Phi) is 4.56. The highest BCUT2D eigenvalue weighted by Crippen LogP contribution is 2.42. The molecule has 0 saturated heterocycles. The molecule has 2 aromatic heterocycles. The molecule has 2 amide bonds. The molecule has 1 N–H and O–H groups in total. The zero-order chi connectivity index (χ0) is 19.3. The van der Waals surface area contributed by atoms with E-state index in [0.29, 0.717) is 6.54 Å². The van der Waals surface area contributed by atoms with Gasteiger partial charge in [-0.05, 0) is 74.6 Å². The molecular weight excluding hydrogens is 434 g/mol. The lowest BCUT2D eigenvalue weighted by Crippen LogP contribution is -2.36. The summed E-state index contributed by atoms with van der Waals surface area (Å²) in [6, 6.07) is 11.9. The first-order chi connectivity index (χ1) is 13.6. The molecule has 6 heteroatoms. The van der Waals surface area contributed by atoms with Gasteiger partial charge in [0.1, 0.15) is 5.00 Å². The second-order valence-electron chi connectivity index (χ2n) is 7.54. The van der Waals surface area contributed by atoms with E-state index in [1.807, 2.05) is 40.5 Å². The minimum atomic E-state index is -0.0498. The van der Waals surface area contributed by atoms with Crippen LogP contribution in [0.25, 0.3) is 5.00 Å². The van der Waals surface area contributed by atoms with Gasteiger partial charge in [-0.25, -0.2) is 4.79 Å². The molecule has 3 heterocycles. The Morgan fingerprint density at radius 2 is 1.93 bits per heavy atom. The van der Waals surface area contributed by atoms with Crippen LogP contribution in [0.2, 0.25) is 0 Å². The van der Waals surface area contributed by atoms with E-state index < -0.39 is 0 Å². The van der Waals surface area contributed by atoms with Gasteiger partial charge < -0.3 is 14.8 Å². The Hall–Kier alpha value is -2.05. The summed E-state index contributed by atoms with van der Waals surface area (Å²) in [6.45, 7) is 2.78. The summed E-state index contributed by atoms with van der Waals surface area (Å²) in [7, 11) is 0. The van der Waals surface area contributed by atoms with Crippen LogP contribution in [0.5, 0.6) is 0 Å². The fourth-order valence-electron chi connectivity index (χ4n) is 4.34. The predicted molar refractivity (Wildman–Crippen MR) is 117 cm³/mol. The monoisotopic (exact) mass is 455 g/mol. The summed E-state index contributed by atoms with van der Waals surface area (Å²) in [5.41, 5.74) is 4.81. The number of nitrogens with zero attached hydrogens (tertiary/aromatic N) is 2. The van der Waals surface area contributed by atoms with Crippen molar-refractivity contribution in [2.24, 2.45) is 0 Å². The lowest BCUT2D eigenvalue weighted by molar-refractivity contribution is 0.189. The number of fused-ring (bicyclic) bond motifs is 5. The summed E-state index contributed by atoms with van der Waals surface area (Å²) >= 11 is 5.36. The van der Waals surface area contributed by atoms with Gasteiger partial charge in [0, 0.05) is 32.5 Å². The van der Waals surface area contributed by atoms with E-state index in [4.69, 9.17) is 0 Å². The predicted octanol–water partition coefficient (Wildman–Crippen LogP) is 6.29. The van der Waals surface area contributed by atoms with Crippen LogP contribution in [0.4, 0.5) is 10.5 Å². The van der Waals surface area contributed by atoms with Crippen LogP contribution in [-0.2, 0) is 19.4 Å². The number of anilines is 1. The summed E-state index contributed by atoms with van der Waals surface area (Å²) in [4.78, 5) is 16.7. The van der Waals surface area contributed by atoms with Crippen molar-refractivity contribution in [2.75, 3.05) is 5.32 Å². The number of carbonyl (C=O) groups excluding carboxylic acids is 1. The van der Waals surface area contributed by atoms with Gasteiger partial charge in [0.2, 0.25) is 0 Å². The normalized spacial score (nSPS) is 18.1. The summed E-state index contributed by atoms with van der Waals surface area (Å²) in [5, 5.41) is 4.39. The number of halogens is 1. The van der Waals surface area contributed by atoms with Crippen molar-refractivity contribution in [3.8, 4) is 5.00 Å². The number of hydrogen-bond donors (Lipinski definition) is 1. The molecule has 144 valence electrons. The first-order valence-corrected chi connectivity index (χ1v) is 11.4. The average Bonchev–Trinajstić information content (AvgIpc) is 3.29. The summed E-state index contributed by atoms with van der Waals surface area (Å²) in [5.74, 6) is 0. The maximum Gasteiger partial charge on any atom is 0.322 e. The molecule has 4 nitrogen and oxygen atoms in total. The molecule has 28 heavy (non-hydrogen) atoms. The summed E-state index contributed by atoms with van der Waals surface area (Å²) in [6.07, 6.45) is 6.96. The fourth-order valence-corrected chi connectivity index (χ4v) is 6.01.